The molecular weight excluding hydrogens is 247 g/mol. The van der Waals surface area contributed by atoms with E-state index in [1.807, 2.05) is 0 Å². The SMILES string of the molecule is CC(=O)c1ccc(C(F)F)c(O)c1C(F)(F)F. The van der Waals surface area contributed by atoms with E-state index in [2.05, 4.69) is 0 Å². The maximum Gasteiger partial charge on any atom is 0.420 e. The molecular formula is C10H7F5O2. The first-order valence-corrected chi connectivity index (χ1v) is 4.38. The van der Waals surface area contributed by atoms with Crippen molar-refractivity contribution in [2.75, 3.05) is 0 Å². The average molecular weight is 254 g/mol. The number of aromatic hydroxyl groups is 1. The number of alkyl halides is 5. The number of halogens is 5. The van der Waals surface area contributed by atoms with Crippen molar-refractivity contribution in [1.82, 2.24) is 0 Å². The summed E-state index contributed by atoms with van der Waals surface area (Å²) in [5.41, 5.74) is -3.70. The number of rotatable bonds is 2. The second kappa shape index (κ2) is 4.31. The van der Waals surface area contributed by atoms with Crippen LogP contribution >= 0.6 is 0 Å². The van der Waals surface area contributed by atoms with Gasteiger partial charge in [0.1, 0.15) is 11.3 Å². The highest BCUT2D eigenvalue weighted by Crippen LogP contribution is 2.42. The molecule has 0 aromatic heterocycles. The van der Waals surface area contributed by atoms with E-state index in [-0.39, 0.29) is 0 Å². The predicted molar refractivity (Wildman–Crippen MR) is 48.1 cm³/mol. The van der Waals surface area contributed by atoms with Crippen molar-refractivity contribution in [1.29, 1.82) is 0 Å². The first-order chi connectivity index (χ1) is 7.66. The molecule has 0 fully saturated rings. The van der Waals surface area contributed by atoms with Gasteiger partial charge >= 0.3 is 6.18 Å². The molecule has 0 atom stereocenters. The van der Waals surface area contributed by atoms with Gasteiger partial charge in [-0.1, -0.05) is 6.07 Å². The summed E-state index contributed by atoms with van der Waals surface area (Å²) in [6.45, 7) is 0.853. The van der Waals surface area contributed by atoms with Gasteiger partial charge in [-0.2, -0.15) is 13.2 Å². The monoisotopic (exact) mass is 254 g/mol. The summed E-state index contributed by atoms with van der Waals surface area (Å²) in [6.07, 6.45) is -8.33. The fourth-order valence-electron chi connectivity index (χ4n) is 1.36. The molecule has 0 unspecified atom stereocenters. The van der Waals surface area contributed by atoms with E-state index < -0.39 is 40.8 Å². The highest BCUT2D eigenvalue weighted by Gasteiger charge is 2.39. The van der Waals surface area contributed by atoms with Crippen LogP contribution in [0.3, 0.4) is 0 Å². The number of hydrogen-bond donors (Lipinski definition) is 1. The predicted octanol–water partition coefficient (Wildman–Crippen LogP) is 3.55. The quantitative estimate of drug-likeness (QED) is 0.647. The van der Waals surface area contributed by atoms with E-state index in [1.165, 1.54) is 0 Å². The Labute approximate surface area is 92.7 Å². The highest BCUT2D eigenvalue weighted by molar-refractivity contribution is 5.96. The highest BCUT2D eigenvalue weighted by atomic mass is 19.4. The minimum absolute atomic E-state index is 0.603. The van der Waals surface area contributed by atoms with Crippen LogP contribution in [0.2, 0.25) is 0 Å². The summed E-state index contributed by atoms with van der Waals surface area (Å²) in [5.74, 6) is -2.56. The minimum Gasteiger partial charge on any atom is -0.507 e. The molecule has 0 spiro atoms. The van der Waals surface area contributed by atoms with Crippen molar-refractivity contribution in [3.8, 4) is 5.75 Å². The van der Waals surface area contributed by atoms with E-state index in [9.17, 15) is 31.9 Å². The third-order valence-corrected chi connectivity index (χ3v) is 2.11. The number of hydrogen-bond acceptors (Lipinski definition) is 2. The first kappa shape index (κ1) is 13.4. The largest absolute Gasteiger partial charge is 0.507 e. The summed E-state index contributed by atoms with van der Waals surface area (Å²) < 4.78 is 62.3. The lowest BCUT2D eigenvalue weighted by Crippen LogP contribution is -2.13. The van der Waals surface area contributed by atoms with Gasteiger partial charge in [0, 0.05) is 5.56 Å². The lowest BCUT2D eigenvalue weighted by molar-refractivity contribution is -0.139. The van der Waals surface area contributed by atoms with E-state index in [4.69, 9.17) is 0 Å². The lowest BCUT2D eigenvalue weighted by Gasteiger charge is -2.15. The van der Waals surface area contributed by atoms with Gasteiger partial charge < -0.3 is 5.11 Å². The minimum atomic E-state index is -5.07. The number of phenols is 1. The van der Waals surface area contributed by atoms with E-state index >= 15 is 0 Å². The Morgan fingerprint density at radius 2 is 1.82 bits per heavy atom. The molecule has 1 N–H and O–H groups in total. The van der Waals surface area contributed by atoms with Gasteiger partial charge in [0.2, 0.25) is 0 Å². The Morgan fingerprint density at radius 1 is 1.29 bits per heavy atom. The Bertz CT molecular complexity index is 451. The van der Waals surface area contributed by atoms with E-state index in [0.29, 0.717) is 12.1 Å². The summed E-state index contributed by atoms with van der Waals surface area (Å²) in [5, 5.41) is 9.17. The number of benzene rings is 1. The molecule has 7 heteroatoms. The molecule has 0 aliphatic rings. The van der Waals surface area contributed by atoms with Crippen molar-refractivity contribution >= 4 is 5.78 Å². The topological polar surface area (TPSA) is 37.3 Å². The van der Waals surface area contributed by atoms with Crippen molar-refractivity contribution in [2.24, 2.45) is 0 Å². The fourth-order valence-corrected chi connectivity index (χ4v) is 1.36. The van der Waals surface area contributed by atoms with Crippen LogP contribution < -0.4 is 0 Å². The molecule has 0 radical (unpaired) electrons. The van der Waals surface area contributed by atoms with Crippen LogP contribution in [0.15, 0.2) is 12.1 Å². The van der Waals surface area contributed by atoms with E-state index in [0.717, 1.165) is 6.92 Å². The zero-order chi connectivity index (χ0) is 13.4. The molecule has 1 rings (SSSR count). The zero-order valence-corrected chi connectivity index (χ0v) is 8.48. The maximum absolute atomic E-state index is 12.6. The maximum atomic E-state index is 12.6. The summed E-state index contributed by atoms with van der Waals surface area (Å²) in [4.78, 5) is 10.9. The molecule has 2 nitrogen and oxygen atoms in total. The van der Waals surface area contributed by atoms with Gasteiger partial charge in [0.25, 0.3) is 6.43 Å². The van der Waals surface area contributed by atoms with Crippen LogP contribution in [-0.2, 0) is 6.18 Å². The molecule has 0 aliphatic heterocycles. The molecule has 1 aromatic rings. The Balaban J connectivity index is 3.60. The number of ketones is 1. The Hall–Kier alpha value is -1.66. The second-order valence-electron chi connectivity index (χ2n) is 3.28. The number of carbonyl (C=O) groups excluding carboxylic acids is 1. The summed E-state index contributed by atoms with van der Waals surface area (Å²) in [7, 11) is 0. The Kier molecular flexibility index (Phi) is 3.40. The molecule has 0 saturated heterocycles. The van der Waals surface area contributed by atoms with Gasteiger partial charge in [-0.3, -0.25) is 4.79 Å². The van der Waals surface area contributed by atoms with Crippen molar-refractivity contribution in [3.63, 3.8) is 0 Å². The van der Waals surface area contributed by atoms with Gasteiger partial charge in [-0.05, 0) is 13.0 Å². The molecule has 17 heavy (non-hydrogen) atoms. The number of Topliss-reactive ketones (excluding diaryl/α,β-unsaturated/α-hetero) is 1. The molecule has 0 aliphatic carbocycles. The number of phenolic OH excluding ortho intramolecular Hbond substituents is 1. The molecule has 0 bridgehead atoms. The first-order valence-electron chi connectivity index (χ1n) is 4.38. The van der Waals surface area contributed by atoms with Gasteiger partial charge in [-0.15, -0.1) is 0 Å². The molecule has 0 heterocycles. The van der Waals surface area contributed by atoms with E-state index in [1.54, 1.807) is 0 Å². The fraction of sp³-hybridized carbons (Fsp3) is 0.300. The van der Waals surface area contributed by atoms with Crippen LogP contribution in [0, 0.1) is 0 Å². The van der Waals surface area contributed by atoms with Gasteiger partial charge in [0.15, 0.2) is 5.78 Å². The summed E-state index contributed by atoms with van der Waals surface area (Å²) in [6, 6.07) is 1.23. The molecule has 94 valence electrons. The molecule has 1 aromatic carbocycles. The third kappa shape index (κ3) is 2.54. The standard InChI is InChI=1S/C10H7F5O2/c1-4(16)5-2-3-6(9(11)12)8(17)7(5)10(13,14)15/h2-3,9,17H,1H3. The van der Waals surface area contributed by atoms with Gasteiger partial charge in [-0.25, -0.2) is 8.78 Å². The Morgan fingerprint density at radius 3 is 2.18 bits per heavy atom. The summed E-state index contributed by atoms with van der Waals surface area (Å²) >= 11 is 0. The van der Waals surface area contributed by atoms with Crippen LogP contribution in [-0.4, -0.2) is 10.9 Å². The third-order valence-electron chi connectivity index (χ3n) is 2.11. The van der Waals surface area contributed by atoms with Crippen LogP contribution in [0.25, 0.3) is 0 Å². The molecule has 0 amide bonds. The van der Waals surface area contributed by atoms with Crippen molar-refractivity contribution < 1.29 is 31.9 Å². The van der Waals surface area contributed by atoms with Crippen molar-refractivity contribution in [2.45, 2.75) is 19.5 Å². The van der Waals surface area contributed by atoms with Crippen molar-refractivity contribution in [3.05, 3.63) is 28.8 Å². The van der Waals surface area contributed by atoms with Crippen LogP contribution in [0.1, 0.15) is 34.8 Å². The second-order valence-corrected chi connectivity index (χ2v) is 3.28. The average Bonchev–Trinajstić information content (AvgIpc) is 2.14. The van der Waals surface area contributed by atoms with Crippen LogP contribution in [0.4, 0.5) is 22.0 Å². The van der Waals surface area contributed by atoms with Gasteiger partial charge in [0.05, 0.1) is 5.56 Å². The zero-order valence-electron chi connectivity index (χ0n) is 8.48. The van der Waals surface area contributed by atoms with Crippen LogP contribution in [0.5, 0.6) is 5.75 Å². The molecule has 0 saturated carbocycles. The lowest BCUT2D eigenvalue weighted by atomic mass is 9.99. The normalized spacial score (nSPS) is 11.9. The smallest absolute Gasteiger partial charge is 0.420 e. The number of carbonyl (C=O) groups is 1.